The molecule has 0 amide bonds. The molecule has 22 heavy (non-hydrogen) atoms. The standard InChI is InChI=1S/C18H10FNO2/c19-13-8-5-12(6-9-13)17-18(21)16-14-4-2-1-3-11(14)7-10-15(16)20(17)22/h1-10H. The van der Waals surface area contributed by atoms with Crippen LogP contribution in [-0.2, 0) is 0 Å². The Balaban J connectivity index is 1.97. The van der Waals surface area contributed by atoms with E-state index in [0.29, 0.717) is 21.6 Å². The first kappa shape index (κ1) is 12.7. The van der Waals surface area contributed by atoms with Gasteiger partial charge in [0.15, 0.2) is 0 Å². The third-order valence-electron chi connectivity index (χ3n) is 3.89. The van der Waals surface area contributed by atoms with Crippen molar-refractivity contribution < 1.29 is 13.9 Å². The van der Waals surface area contributed by atoms with Crippen molar-refractivity contribution in [2.24, 2.45) is 0 Å². The summed E-state index contributed by atoms with van der Waals surface area (Å²) in [6.07, 6.45) is 0. The second-order valence-electron chi connectivity index (χ2n) is 5.16. The van der Waals surface area contributed by atoms with Crippen LogP contribution in [0, 0.1) is 11.0 Å². The summed E-state index contributed by atoms with van der Waals surface area (Å²) in [6.45, 7) is 0. The van der Waals surface area contributed by atoms with Gasteiger partial charge in [-0.3, -0.25) is 4.79 Å². The number of halogens is 1. The number of nitrogens with zero attached hydrogens (tertiary/aromatic N) is 1. The predicted octanol–water partition coefficient (Wildman–Crippen LogP) is 3.81. The largest absolute Gasteiger partial charge is 0.618 e. The molecule has 0 saturated heterocycles. The molecule has 3 aromatic carbocycles. The third-order valence-corrected chi connectivity index (χ3v) is 3.89. The molecule has 1 aliphatic rings. The number of Topliss-reactive ketones (excluding diaryl/α,β-unsaturated/α-hetero) is 1. The molecular formula is C18H10FNO2. The minimum Gasteiger partial charge on any atom is -0.618 e. The first-order valence-electron chi connectivity index (χ1n) is 6.83. The SMILES string of the molecule is O=C1C(c2ccc(F)cc2)=[N+]([O-])c2ccc3ccccc3c21. The number of fused-ring (bicyclic) bond motifs is 3. The van der Waals surface area contributed by atoms with E-state index in [-0.39, 0.29) is 11.5 Å². The highest BCUT2D eigenvalue weighted by atomic mass is 19.1. The smallest absolute Gasteiger partial charge is 0.272 e. The molecule has 0 fully saturated rings. The van der Waals surface area contributed by atoms with Crippen molar-refractivity contribution in [3.63, 3.8) is 0 Å². The molecule has 0 spiro atoms. The molecule has 0 radical (unpaired) electrons. The second-order valence-corrected chi connectivity index (χ2v) is 5.16. The van der Waals surface area contributed by atoms with Crippen LogP contribution in [0.15, 0.2) is 60.7 Å². The van der Waals surface area contributed by atoms with Crippen LogP contribution in [0.1, 0.15) is 15.9 Å². The van der Waals surface area contributed by atoms with Crippen LogP contribution >= 0.6 is 0 Å². The molecule has 1 heterocycles. The van der Waals surface area contributed by atoms with Gasteiger partial charge in [0.05, 0.1) is 5.56 Å². The van der Waals surface area contributed by atoms with E-state index in [4.69, 9.17) is 0 Å². The molecule has 3 nitrogen and oxygen atoms in total. The highest BCUT2D eigenvalue weighted by molar-refractivity contribution is 6.53. The molecule has 3 aromatic rings. The summed E-state index contributed by atoms with van der Waals surface area (Å²) in [5.41, 5.74) is 1.20. The molecule has 0 N–H and O–H groups in total. The summed E-state index contributed by atoms with van der Waals surface area (Å²) in [4.78, 5) is 12.7. The molecule has 0 aromatic heterocycles. The average molecular weight is 291 g/mol. The molecule has 4 rings (SSSR count). The van der Waals surface area contributed by atoms with Gasteiger partial charge in [-0.1, -0.05) is 24.3 Å². The van der Waals surface area contributed by atoms with E-state index in [1.807, 2.05) is 30.3 Å². The molecular weight excluding hydrogens is 281 g/mol. The van der Waals surface area contributed by atoms with Crippen molar-refractivity contribution in [3.05, 3.63) is 82.8 Å². The summed E-state index contributed by atoms with van der Waals surface area (Å²) >= 11 is 0. The van der Waals surface area contributed by atoms with E-state index in [9.17, 15) is 14.4 Å². The number of carbonyl (C=O) groups excluding carboxylic acids is 1. The van der Waals surface area contributed by atoms with Crippen molar-refractivity contribution in [2.45, 2.75) is 0 Å². The minimum atomic E-state index is -0.407. The number of carbonyl (C=O) groups is 1. The Bertz CT molecular complexity index is 958. The maximum Gasteiger partial charge on any atom is 0.272 e. The predicted molar refractivity (Wildman–Crippen MR) is 82.1 cm³/mol. The number of ketones is 1. The van der Waals surface area contributed by atoms with Gasteiger partial charge in [0.25, 0.3) is 11.5 Å². The molecule has 106 valence electrons. The molecule has 0 atom stereocenters. The lowest BCUT2D eigenvalue weighted by atomic mass is 9.97. The van der Waals surface area contributed by atoms with Gasteiger partial charge in [0.2, 0.25) is 5.69 Å². The van der Waals surface area contributed by atoms with Crippen molar-refractivity contribution in [3.8, 4) is 0 Å². The first-order valence-corrected chi connectivity index (χ1v) is 6.83. The van der Waals surface area contributed by atoms with Gasteiger partial charge < -0.3 is 5.21 Å². The lowest BCUT2D eigenvalue weighted by Crippen LogP contribution is -2.16. The van der Waals surface area contributed by atoms with Gasteiger partial charge >= 0.3 is 0 Å². The van der Waals surface area contributed by atoms with Gasteiger partial charge in [0, 0.05) is 6.07 Å². The van der Waals surface area contributed by atoms with Crippen molar-refractivity contribution >= 4 is 28.0 Å². The lowest BCUT2D eigenvalue weighted by molar-refractivity contribution is -0.355. The van der Waals surface area contributed by atoms with Crippen LogP contribution < -0.4 is 0 Å². The van der Waals surface area contributed by atoms with Crippen LogP contribution in [-0.4, -0.2) is 16.2 Å². The normalized spacial score (nSPS) is 13.8. The van der Waals surface area contributed by atoms with Crippen LogP contribution in [0.2, 0.25) is 0 Å². The molecule has 4 heteroatoms. The quantitative estimate of drug-likeness (QED) is 0.505. The average Bonchev–Trinajstić information content (AvgIpc) is 2.80. The van der Waals surface area contributed by atoms with E-state index >= 15 is 0 Å². The molecule has 0 unspecified atom stereocenters. The Kier molecular flexibility index (Phi) is 2.60. The van der Waals surface area contributed by atoms with E-state index in [2.05, 4.69) is 0 Å². The molecule has 0 bridgehead atoms. The Hall–Kier alpha value is -3.01. The highest BCUT2D eigenvalue weighted by Crippen LogP contribution is 2.34. The van der Waals surface area contributed by atoms with Gasteiger partial charge in [0.1, 0.15) is 11.4 Å². The molecule has 0 saturated carbocycles. The van der Waals surface area contributed by atoms with Crippen LogP contribution in [0.25, 0.3) is 10.8 Å². The Labute approximate surface area is 125 Å². The fourth-order valence-corrected chi connectivity index (χ4v) is 2.86. The second kappa shape index (κ2) is 4.49. The summed E-state index contributed by atoms with van der Waals surface area (Å²) in [6, 6.07) is 16.3. The number of benzene rings is 3. The fourth-order valence-electron chi connectivity index (χ4n) is 2.86. The van der Waals surface area contributed by atoms with E-state index in [0.717, 1.165) is 10.8 Å². The summed E-state index contributed by atoms with van der Waals surface area (Å²) < 4.78 is 13.7. The summed E-state index contributed by atoms with van der Waals surface area (Å²) in [5.74, 6) is -0.733. The number of hydrogen-bond donors (Lipinski definition) is 0. The van der Waals surface area contributed by atoms with Crippen LogP contribution in [0.3, 0.4) is 0 Å². The van der Waals surface area contributed by atoms with E-state index in [1.54, 1.807) is 6.07 Å². The van der Waals surface area contributed by atoms with E-state index < -0.39 is 5.82 Å². The Morgan fingerprint density at radius 3 is 2.41 bits per heavy atom. The van der Waals surface area contributed by atoms with Gasteiger partial charge in [-0.05, 0) is 41.1 Å². The van der Waals surface area contributed by atoms with Crippen LogP contribution in [0.5, 0.6) is 0 Å². The van der Waals surface area contributed by atoms with Crippen molar-refractivity contribution in [1.29, 1.82) is 0 Å². The topological polar surface area (TPSA) is 43.1 Å². The van der Waals surface area contributed by atoms with Gasteiger partial charge in [-0.25, -0.2) is 4.39 Å². The zero-order valence-electron chi connectivity index (χ0n) is 11.4. The first-order chi connectivity index (χ1) is 10.7. The zero-order chi connectivity index (χ0) is 15.3. The summed E-state index contributed by atoms with van der Waals surface area (Å²) in [5, 5.41) is 14.2. The Morgan fingerprint density at radius 2 is 1.64 bits per heavy atom. The van der Waals surface area contributed by atoms with Crippen molar-refractivity contribution in [1.82, 2.24) is 0 Å². The Morgan fingerprint density at radius 1 is 0.909 bits per heavy atom. The maximum absolute atomic E-state index is 13.1. The minimum absolute atomic E-state index is 0.0337. The number of rotatable bonds is 1. The van der Waals surface area contributed by atoms with Crippen LogP contribution in [0.4, 0.5) is 10.1 Å². The van der Waals surface area contributed by atoms with Crippen molar-refractivity contribution in [2.75, 3.05) is 0 Å². The van der Waals surface area contributed by atoms with E-state index in [1.165, 1.54) is 24.3 Å². The number of hydrogen-bond acceptors (Lipinski definition) is 2. The lowest BCUT2D eigenvalue weighted by Gasteiger charge is -2.03. The monoisotopic (exact) mass is 291 g/mol. The fraction of sp³-hybridized carbons (Fsp3) is 0. The summed E-state index contributed by atoms with van der Waals surface area (Å²) in [7, 11) is 0. The highest BCUT2D eigenvalue weighted by Gasteiger charge is 2.37. The van der Waals surface area contributed by atoms with Gasteiger partial charge in [-0.2, -0.15) is 4.74 Å². The maximum atomic E-state index is 13.1. The molecule has 1 aliphatic heterocycles. The molecule has 0 aliphatic carbocycles. The van der Waals surface area contributed by atoms with Gasteiger partial charge in [-0.15, -0.1) is 0 Å². The third kappa shape index (κ3) is 1.67. The zero-order valence-corrected chi connectivity index (χ0v) is 11.4.